The number of nitrogens with zero attached hydrogens (tertiary/aromatic N) is 2. The molecule has 7 heteroatoms. The highest BCUT2D eigenvalue weighted by atomic mass is 32.1. The third kappa shape index (κ3) is 3.53. The van der Waals surface area contributed by atoms with Crippen molar-refractivity contribution in [1.29, 1.82) is 0 Å². The lowest BCUT2D eigenvalue weighted by Gasteiger charge is -2.18. The maximum absolute atomic E-state index is 12.2. The van der Waals surface area contributed by atoms with Crippen LogP contribution in [-0.2, 0) is 22.6 Å². The molecular formula is C17H21N3O3S. The summed E-state index contributed by atoms with van der Waals surface area (Å²) in [5.41, 5.74) is 0. The molecule has 1 amide bonds. The zero-order valence-corrected chi connectivity index (χ0v) is 14.2. The van der Waals surface area contributed by atoms with Gasteiger partial charge in [-0.2, -0.15) is 0 Å². The molecule has 2 aromatic rings. The van der Waals surface area contributed by atoms with E-state index >= 15 is 0 Å². The summed E-state index contributed by atoms with van der Waals surface area (Å²) in [5, 5.41) is 6.08. The van der Waals surface area contributed by atoms with Crippen molar-refractivity contribution in [3.63, 3.8) is 0 Å². The SMILES string of the molecule is O=C(C[C@H]1CO[C@@H]2CN(Cc3nccs3)C[C@H]12)NCc1ccco1. The van der Waals surface area contributed by atoms with Crippen LogP contribution in [-0.4, -0.2) is 41.6 Å². The van der Waals surface area contributed by atoms with Gasteiger partial charge < -0.3 is 14.5 Å². The van der Waals surface area contributed by atoms with Crippen LogP contribution in [0.3, 0.4) is 0 Å². The van der Waals surface area contributed by atoms with Crippen molar-refractivity contribution in [1.82, 2.24) is 15.2 Å². The molecule has 0 saturated carbocycles. The molecule has 0 spiro atoms. The lowest BCUT2D eigenvalue weighted by molar-refractivity contribution is -0.122. The smallest absolute Gasteiger partial charge is 0.220 e. The Morgan fingerprint density at radius 2 is 2.42 bits per heavy atom. The quantitative estimate of drug-likeness (QED) is 0.864. The molecule has 24 heavy (non-hydrogen) atoms. The summed E-state index contributed by atoms with van der Waals surface area (Å²) in [4.78, 5) is 18.9. The number of nitrogens with one attached hydrogen (secondary N) is 1. The summed E-state index contributed by atoms with van der Waals surface area (Å²) < 4.78 is 11.2. The van der Waals surface area contributed by atoms with Gasteiger partial charge in [-0.3, -0.25) is 9.69 Å². The minimum Gasteiger partial charge on any atom is -0.467 e. The molecule has 128 valence electrons. The van der Waals surface area contributed by atoms with Crippen molar-refractivity contribution in [3.8, 4) is 0 Å². The molecule has 4 heterocycles. The van der Waals surface area contributed by atoms with Crippen LogP contribution in [0.25, 0.3) is 0 Å². The van der Waals surface area contributed by atoms with Crippen molar-refractivity contribution in [2.24, 2.45) is 11.8 Å². The lowest BCUT2D eigenvalue weighted by Crippen LogP contribution is -2.29. The molecule has 0 aromatic carbocycles. The number of aromatic nitrogens is 1. The van der Waals surface area contributed by atoms with Crippen LogP contribution in [0.4, 0.5) is 0 Å². The number of hydrogen-bond acceptors (Lipinski definition) is 6. The van der Waals surface area contributed by atoms with Crippen molar-refractivity contribution < 1.29 is 13.9 Å². The normalized spacial score (nSPS) is 26.6. The first-order valence-corrected chi connectivity index (χ1v) is 9.17. The van der Waals surface area contributed by atoms with Crippen LogP contribution in [0, 0.1) is 11.8 Å². The van der Waals surface area contributed by atoms with Gasteiger partial charge >= 0.3 is 0 Å². The zero-order chi connectivity index (χ0) is 16.4. The van der Waals surface area contributed by atoms with E-state index in [1.165, 1.54) is 0 Å². The predicted molar refractivity (Wildman–Crippen MR) is 89.3 cm³/mol. The van der Waals surface area contributed by atoms with Gasteiger partial charge in [0.25, 0.3) is 0 Å². The minimum absolute atomic E-state index is 0.0685. The van der Waals surface area contributed by atoms with Gasteiger partial charge in [-0.15, -0.1) is 11.3 Å². The third-order valence-electron chi connectivity index (χ3n) is 4.84. The van der Waals surface area contributed by atoms with E-state index in [4.69, 9.17) is 9.15 Å². The van der Waals surface area contributed by atoms with Crippen molar-refractivity contribution in [2.75, 3.05) is 19.7 Å². The number of ether oxygens (including phenoxy) is 1. The average Bonchev–Trinajstić information content (AvgIpc) is 3.32. The van der Waals surface area contributed by atoms with Crippen LogP contribution in [0.2, 0.25) is 0 Å². The van der Waals surface area contributed by atoms with Crippen LogP contribution < -0.4 is 5.32 Å². The Hall–Kier alpha value is -1.70. The van der Waals surface area contributed by atoms with E-state index in [2.05, 4.69) is 15.2 Å². The third-order valence-corrected chi connectivity index (χ3v) is 5.61. The number of amides is 1. The molecule has 6 nitrogen and oxygen atoms in total. The maximum Gasteiger partial charge on any atom is 0.220 e. The number of fused-ring (bicyclic) bond motifs is 1. The molecular weight excluding hydrogens is 326 g/mol. The molecule has 3 atom stereocenters. The fraction of sp³-hybridized carbons (Fsp3) is 0.529. The summed E-state index contributed by atoms with van der Waals surface area (Å²) in [6.45, 7) is 3.94. The van der Waals surface area contributed by atoms with Crippen molar-refractivity contribution >= 4 is 17.2 Å². The molecule has 0 aliphatic carbocycles. The van der Waals surface area contributed by atoms with Gasteiger partial charge in [-0.1, -0.05) is 0 Å². The first-order chi connectivity index (χ1) is 11.8. The van der Waals surface area contributed by atoms with Gasteiger partial charge in [0.2, 0.25) is 5.91 Å². The Bertz CT molecular complexity index is 659. The number of rotatable bonds is 6. The molecule has 4 rings (SSSR count). The number of carbonyl (C=O) groups is 1. The van der Waals surface area contributed by atoms with E-state index in [0.29, 0.717) is 31.4 Å². The van der Waals surface area contributed by atoms with Gasteiger partial charge in [0.1, 0.15) is 10.8 Å². The highest BCUT2D eigenvalue weighted by molar-refractivity contribution is 7.09. The van der Waals surface area contributed by atoms with E-state index in [1.54, 1.807) is 17.6 Å². The Morgan fingerprint density at radius 1 is 1.46 bits per heavy atom. The molecule has 1 N–H and O–H groups in total. The molecule has 2 aliphatic rings. The molecule has 0 bridgehead atoms. The Balaban J connectivity index is 1.27. The second kappa shape index (κ2) is 7.04. The van der Waals surface area contributed by atoms with Gasteiger partial charge in [-0.05, 0) is 18.1 Å². The van der Waals surface area contributed by atoms with Crippen molar-refractivity contribution in [2.45, 2.75) is 25.6 Å². The Kier molecular flexibility index (Phi) is 4.64. The highest BCUT2D eigenvalue weighted by Gasteiger charge is 2.44. The van der Waals surface area contributed by atoms with E-state index in [-0.39, 0.29) is 12.0 Å². The molecule has 0 radical (unpaired) electrons. The van der Waals surface area contributed by atoms with Crippen molar-refractivity contribution in [3.05, 3.63) is 40.7 Å². The second-order valence-electron chi connectivity index (χ2n) is 6.48. The first kappa shape index (κ1) is 15.8. The number of carbonyl (C=O) groups excluding carboxylic acids is 1. The first-order valence-electron chi connectivity index (χ1n) is 8.29. The second-order valence-corrected chi connectivity index (χ2v) is 7.45. The van der Waals surface area contributed by atoms with Gasteiger partial charge in [0.15, 0.2) is 0 Å². The fourth-order valence-corrected chi connectivity index (χ4v) is 4.31. The monoisotopic (exact) mass is 347 g/mol. The number of likely N-dealkylation sites (tertiary alicyclic amines) is 1. The van der Waals surface area contributed by atoms with Crippen LogP contribution >= 0.6 is 11.3 Å². The predicted octanol–water partition coefficient (Wildman–Crippen LogP) is 1.89. The zero-order valence-electron chi connectivity index (χ0n) is 13.4. The lowest BCUT2D eigenvalue weighted by atomic mass is 9.90. The van der Waals surface area contributed by atoms with E-state index in [1.807, 2.05) is 23.7 Å². The topological polar surface area (TPSA) is 67.6 Å². The largest absolute Gasteiger partial charge is 0.467 e. The highest BCUT2D eigenvalue weighted by Crippen LogP contribution is 2.36. The van der Waals surface area contributed by atoms with E-state index in [0.717, 1.165) is 30.4 Å². The average molecular weight is 347 g/mol. The summed E-state index contributed by atoms with van der Waals surface area (Å²) in [6.07, 6.45) is 4.24. The van der Waals surface area contributed by atoms with Gasteiger partial charge in [0, 0.05) is 37.0 Å². The molecule has 2 saturated heterocycles. The fourth-order valence-electron chi connectivity index (χ4n) is 3.65. The number of furan rings is 1. The van der Waals surface area contributed by atoms with E-state index in [9.17, 15) is 4.79 Å². The summed E-state index contributed by atoms with van der Waals surface area (Å²) >= 11 is 1.69. The number of thiazole rings is 1. The molecule has 2 aromatic heterocycles. The molecule has 0 unspecified atom stereocenters. The standard InChI is InChI=1S/C17H21N3O3S/c21-16(19-7-13-2-1-4-22-13)6-12-11-23-15-9-20(8-14(12)15)10-17-18-3-5-24-17/h1-5,12,14-15H,6-11H2,(H,19,21)/t12-,14+,15+/m0/s1. The van der Waals surface area contributed by atoms with Crippen LogP contribution in [0.15, 0.2) is 34.4 Å². The molecule has 2 fully saturated rings. The Labute approximate surface area is 144 Å². The van der Waals surface area contributed by atoms with E-state index < -0.39 is 0 Å². The van der Waals surface area contributed by atoms with Crippen LogP contribution in [0.5, 0.6) is 0 Å². The maximum atomic E-state index is 12.2. The van der Waals surface area contributed by atoms with Crippen LogP contribution in [0.1, 0.15) is 17.2 Å². The Morgan fingerprint density at radius 3 is 3.21 bits per heavy atom. The van der Waals surface area contributed by atoms with Gasteiger partial charge in [-0.25, -0.2) is 4.98 Å². The van der Waals surface area contributed by atoms with Gasteiger partial charge in [0.05, 0.1) is 32.1 Å². The minimum atomic E-state index is 0.0685. The number of hydrogen-bond donors (Lipinski definition) is 1. The summed E-state index contributed by atoms with van der Waals surface area (Å²) in [7, 11) is 0. The summed E-state index contributed by atoms with van der Waals surface area (Å²) in [6, 6.07) is 3.69. The summed E-state index contributed by atoms with van der Waals surface area (Å²) in [5.74, 6) is 1.59. The molecule has 2 aliphatic heterocycles.